The van der Waals surface area contributed by atoms with Crippen LogP contribution in [0.4, 0.5) is 0 Å². The Balaban J connectivity index is 2.91. The number of aliphatic imine (C=N–C) groups is 1. The number of carbonyl (C=O) groups excluding carboxylic acids is 1. The number of hydrogen-bond acceptors (Lipinski definition) is 5. The van der Waals surface area contributed by atoms with Crippen molar-refractivity contribution >= 4 is 34.3 Å². The molecule has 0 amide bonds. The molecule has 0 aromatic rings. The molecule has 0 spiro atoms. The minimum Gasteiger partial charge on any atom is -0.462 e. The summed E-state index contributed by atoms with van der Waals surface area (Å²) in [5, 5.41) is 9.97. The molecular weight excluding hydrogens is 262 g/mol. The summed E-state index contributed by atoms with van der Waals surface area (Å²) in [4.78, 5) is 15.3. The molecule has 0 atom stereocenters. The van der Waals surface area contributed by atoms with Gasteiger partial charge >= 0.3 is 5.97 Å². The second-order valence-corrected chi connectivity index (χ2v) is 3.37. The van der Waals surface area contributed by atoms with E-state index in [0.717, 1.165) is 6.21 Å². The van der Waals surface area contributed by atoms with E-state index in [4.69, 9.17) is 10.1 Å². The quantitative estimate of drug-likeness (QED) is 0.352. The fourth-order valence-electron chi connectivity index (χ4n) is 0.941. The third-order valence-electron chi connectivity index (χ3n) is 1.59. The molecule has 0 unspecified atom stereocenters. The third kappa shape index (κ3) is 3.02. The van der Waals surface area contributed by atoms with Crippen LogP contribution in [0.15, 0.2) is 27.1 Å². The summed E-state index contributed by atoms with van der Waals surface area (Å²) in [6.45, 7) is 1.99. The van der Waals surface area contributed by atoms with Crippen molar-refractivity contribution in [1.82, 2.24) is 5.32 Å². The average Bonchev–Trinajstić information content (AvgIpc) is 2.22. The van der Waals surface area contributed by atoms with Gasteiger partial charge in [-0.05, 0) is 22.9 Å². The van der Waals surface area contributed by atoms with Crippen LogP contribution in [0.5, 0.6) is 0 Å². The molecule has 1 rings (SSSR count). The fraction of sp³-hybridized carbons (Fsp3) is 0.222. The van der Waals surface area contributed by atoms with Gasteiger partial charge in [0.25, 0.3) is 0 Å². The Morgan fingerprint density at radius 1 is 1.80 bits per heavy atom. The van der Waals surface area contributed by atoms with Crippen molar-refractivity contribution in [2.24, 2.45) is 4.99 Å². The molecule has 1 aliphatic rings. The lowest BCUT2D eigenvalue weighted by molar-refractivity contribution is -0.137. The van der Waals surface area contributed by atoms with Crippen molar-refractivity contribution in [2.75, 3.05) is 6.61 Å². The number of halogens is 1. The number of ether oxygens (including phenoxy) is 1. The number of nitrogens with one attached hydrogen (secondary N) is 2. The molecular formula is C9H10BrN3O2. The molecule has 1 aliphatic heterocycles. The van der Waals surface area contributed by atoms with E-state index in [1.807, 2.05) is 0 Å². The lowest BCUT2D eigenvalue weighted by Gasteiger charge is -2.10. The van der Waals surface area contributed by atoms with E-state index in [-0.39, 0.29) is 12.2 Å². The molecule has 6 heteroatoms. The first-order valence-electron chi connectivity index (χ1n) is 4.27. The summed E-state index contributed by atoms with van der Waals surface area (Å²) in [6, 6.07) is 0. The van der Waals surface area contributed by atoms with Crippen LogP contribution < -0.4 is 5.32 Å². The number of allylic oxidation sites excluding steroid dienone is 1. The molecule has 1 heterocycles. The maximum Gasteiger partial charge on any atom is 0.341 e. The predicted molar refractivity (Wildman–Crippen MR) is 61.1 cm³/mol. The van der Waals surface area contributed by atoms with Gasteiger partial charge in [0.05, 0.1) is 18.5 Å². The van der Waals surface area contributed by atoms with Gasteiger partial charge < -0.3 is 15.5 Å². The highest BCUT2D eigenvalue weighted by molar-refractivity contribution is 9.11. The second-order valence-electron chi connectivity index (χ2n) is 2.56. The molecule has 15 heavy (non-hydrogen) atoms. The monoisotopic (exact) mass is 271 g/mol. The topological polar surface area (TPSA) is 74.5 Å². The predicted octanol–water partition coefficient (Wildman–Crippen LogP) is 1.32. The molecule has 80 valence electrons. The first-order valence-corrected chi connectivity index (χ1v) is 5.06. The van der Waals surface area contributed by atoms with Crippen LogP contribution >= 0.6 is 15.9 Å². The lowest BCUT2D eigenvalue weighted by atomic mass is 10.2. The van der Waals surface area contributed by atoms with Gasteiger partial charge in [-0.25, -0.2) is 9.79 Å². The highest BCUT2D eigenvalue weighted by Gasteiger charge is 2.14. The molecule has 0 saturated heterocycles. The zero-order chi connectivity index (χ0) is 11.3. The van der Waals surface area contributed by atoms with E-state index in [0.29, 0.717) is 10.3 Å². The summed E-state index contributed by atoms with van der Waals surface area (Å²) in [6.07, 6.45) is 3.98. The van der Waals surface area contributed by atoms with E-state index in [1.165, 1.54) is 6.21 Å². The van der Waals surface area contributed by atoms with E-state index in [1.54, 1.807) is 13.1 Å². The van der Waals surface area contributed by atoms with Crippen molar-refractivity contribution in [1.29, 1.82) is 5.41 Å². The Morgan fingerprint density at radius 2 is 2.53 bits per heavy atom. The second kappa shape index (κ2) is 5.45. The Morgan fingerprint density at radius 3 is 3.00 bits per heavy atom. The molecule has 5 nitrogen and oxygen atoms in total. The van der Waals surface area contributed by atoms with E-state index in [2.05, 4.69) is 26.2 Å². The van der Waals surface area contributed by atoms with Gasteiger partial charge in [-0.15, -0.1) is 0 Å². The number of nitrogens with zero attached hydrogens (tertiary/aromatic N) is 1. The van der Waals surface area contributed by atoms with Gasteiger partial charge in [0.15, 0.2) is 0 Å². The Kier molecular flexibility index (Phi) is 4.23. The van der Waals surface area contributed by atoms with Crippen molar-refractivity contribution in [3.63, 3.8) is 0 Å². The lowest BCUT2D eigenvalue weighted by Crippen LogP contribution is -2.19. The summed E-state index contributed by atoms with van der Waals surface area (Å²) in [7, 11) is 0. The molecule has 0 aliphatic carbocycles. The van der Waals surface area contributed by atoms with Crippen LogP contribution in [0.2, 0.25) is 0 Å². The minimum absolute atomic E-state index is 0.150. The van der Waals surface area contributed by atoms with Gasteiger partial charge in [-0.2, -0.15) is 0 Å². The number of rotatable bonds is 3. The largest absolute Gasteiger partial charge is 0.462 e. The maximum absolute atomic E-state index is 11.4. The van der Waals surface area contributed by atoms with Gasteiger partial charge in [-0.1, -0.05) is 0 Å². The van der Waals surface area contributed by atoms with Crippen LogP contribution in [-0.4, -0.2) is 25.0 Å². The summed E-state index contributed by atoms with van der Waals surface area (Å²) in [5.41, 5.74) is 0.600. The maximum atomic E-state index is 11.4. The van der Waals surface area contributed by atoms with Crippen molar-refractivity contribution in [3.8, 4) is 0 Å². The van der Waals surface area contributed by atoms with Crippen LogP contribution in [0.25, 0.3) is 0 Å². The molecule has 0 saturated carbocycles. The van der Waals surface area contributed by atoms with E-state index < -0.39 is 5.97 Å². The molecule has 0 aromatic heterocycles. The first kappa shape index (κ1) is 11.6. The van der Waals surface area contributed by atoms with Crippen LogP contribution in [-0.2, 0) is 9.53 Å². The summed E-state index contributed by atoms with van der Waals surface area (Å²) >= 11 is 3.16. The third-order valence-corrected chi connectivity index (χ3v) is 2.03. The number of hydrogen-bond donors (Lipinski definition) is 2. The van der Waals surface area contributed by atoms with Crippen LogP contribution in [0, 0.1) is 5.41 Å². The SMILES string of the molecule is CCOC(=O)/C(C=N)=C1\C=NC(Br)=CN1. The Labute approximate surface area is 95.5 Å². The zero-order valence-corrected chi connectivity index (χ0v) is 9.67. The number of carbonyl (C=O) groups is 1. The van der Waals surface area contributed by atoms with Gasteiger partial charge in [-0.3, -0.25) is 0 Å². The first-order chi connectivity index (χ1) is 7.19. The average molecular weight is 272 g/mol. The molecule has 0 bridgehead atoms. The molecule has 0 aromatic carbocycles. The minimum atomic E-state index is -0.534. The summed E-state index contributed by atoms with van der Waals surface area (Å²) < 4.78 is 5.42. The normalized spacial score (nSPS) is 17.6. The smallest absolute Gasteiger partial charge is 0.341 e. The highest BCUT2D eigenvalue weighted by Crippen LogP contribution is 2.11. The van der Waals surface area contributed by atoms with E-state index in [9.17, 15) is 4.79 Å². The number of esters is 1. The Bertz CT molecular complexity index is 372. The molecule has 0 radical (unpaired) electrons. The van der Waals surface area contributed by atoms with E-state index >= 15 is 0 Å². The summed E-state index contributed by atoms with van der Waals surface area (Å²) in [5.74, 6) is -0.534. The zero-order valence-electron chi connectivity index (χ0n) is 8.08. The Hall–Kier alpha value is -1.43. The van der Waals surface area contributed by atoms with Crippen LogP contribution in [0.1, 0.15) is 6.92 Å². The van der Waals surface area contributed by atoms with Gasteiger partial charge in [0.2, 0.25) is 0 Å². The highest BCUT2D eigenvalue weighted by atomic mass is 79.9. The molecule has 0 fully saturated rings. The van der Waals surface area contributed by atoms with Gasteiger partial charge in [0.1, 0.15) is 10.2 Å². The van der Waals surface area contributed by atoms with Crippen LogP contribution in [0.3, 0.4) is 0 Å². The fourth-order valence-corrected chi connectivity index (χ4v) is 1.16. The van der Waals surface area contributed by atoms with Gasteiger partial charge in [0, 0.05) is 12.4 Å². The standard InChI is InChI=1S/C9H10BrN3O2/c1-2-15-9(14)6(3-11)7-4-13-8(10)5-12-7/h3-5,11-12H,2H2,1H3/b7-6+,11-3?. The molecule has 2 N–H and O–H groups in total. The van der Waals surface area contributed by atoms with Crippen molar-refractivity contribution in [3.05, 3.63) is 22.1 Å². The van der Waals surface area contributed by atoms with Crippen molar-refractivity contribution < 1.29 is 9.53 Å². The van der Waals surface area contributed by atoms with Crippen molar-refractivity contribution in [2.45, 2.75) is 6.92 Å².